The average molecular weight is 242 g/mol. The SMILES string of the molecule is CCCC1(C(=O)O)CCCN1C(C)C(=O)NC. The van der Waals surface area contributed by atoms with Gasteiger partial charge in [-0.15, -0.1) is 0 Å². The van der Waals surface area contributed by atoms with E-state index >= 15 is 0 Å². The predicted octanol–water partition coefficient (Wildman–Crippen LogP) is 0.840. The Morgan fingerprint density at radius 2 is 2.18 bits per heavy atom. The highest BCUT2D eigenvalue weighted by Gasteiger charge is 2.49. The molecule has 5 heteroatoms. The van der Waals surface area contributed by atoms with Crippen molar-refractivity contribution in [1.29, 1.82) is 0 Å². The number of amides is 1. The van der Waals surface area contributed by atoms with E-state index in [0.29, 0.717) is 19.4 Å². The second-order valence-corrected chi connectivity index (χ2v) is 4.67. The average Bonchev–Trinajstić information content (AvgIpc) is 2.72. The lowest BCUT2D eigenvalue weighted by atomic mass is 9.89. The fourth-order valence-electron chi connectivity index (χ4n) is 2.83. The molecule has 17 heavy (non-hydrogen) atoms. The zero-order valence-corrected chi connectivity index (χ0v) is 10.8. The molecule has 98 valence electrons. The van der Waals surface area contributed by atoms with Crippen molar-refractivity contribution in [2.24, 2.45) is 0 Å². The van der Waals surface area contributed by atoms with Crippen molar-refractivity contribution in [3.63, 3.8) is 0 Å². The lowest BCUT2D eigenvalue weighted by Crippen LogP contribution is -2.57. The molecule has 1 fully saturated rings. The smallest absolute Gasteiger partial charge is 0.324 e. The molecule has 1 rings (SSSR count). The largest absolute Gasteiger partial charge is 0.480 e. The Labute approximate surface area is 102 Å². The zero-order chi connectivity index (χ0) is 13.1. The molecule has 1 aliphatic rings. The summed E-state index contributed by atoms with van der Waals surface area (Å²) in [5.74, 6) is -0.916. The first-order valence-electron chi connectivity index (χ1n) is 6.21. The number of carbonyl (C=O) groups excluding carboxylic acids is 1. The predicted molar refractivity (Wildman–Crippen MR) is 64.7 cm³/mol. The third kappa shape index (κ3) is 2.44. The topological polar surface area (TPSA) is 69.6 Å². The van der Waals surface area contributed by atoms with Crippen molar-refractivity contribution in [1.82, 2.24) is 10.2 Å². The van der Waals surface area contributed by atoms with Crippen LogP contribution in [0.5, 0.6) is 0 Å². The highest BCUT2D eigenvalue weighted by molar-refractivity contribution is 5.84. The monoisotopic (exact) mass is 242 g/mol. The number of likely N-dealkylation sites (N-methyl/N-ethyl adjacent to an activating group) is 1. The van der Waals surface area contributed by atoms with Crippen LogP contribution in [-0.4, -0.2) is 47.1 Å². The molecule has 0 aliphatic carbocycles. The van der Waals surface area contributed by atoms with Crippen molar-refractivity contribution in [3.05, 3.63) is 0 Å². The highest BCUT2D eigenvalue weighted by Crippen LogP contribution is 2.35. The second-order valence-electron chi connectivity index (χ2n) is 4.67. The van der Waals surface area contributed by atoms with E-state index < -0.39 is 11.5 Å². The highest BCUT2D eigenvalue weighted by atomic mass is 16.4. The number of rotatable bonds is 5. The van der Waals surface area contributed by atoms with Crippen LogP contribution in [0, 0.1) is 0 Å². The molecule has 1 aliphatic heterocycles. The van der Waals surface area contributed by atoms with Gasteiger partial charge in [0.25, 0.3) is 0 Å². The molecule has 0 bridgehead atoms. The molecule has 0 saturated carbocycles. The second kappa shape index (κ2) is 5.49. The molecular weight excluding hydrogens is 220 g/mol. The molecule has 1 heterocycles. The minimum Gasteiger partial charge on any atom is -0.480 e. The number of carboxylic acid groups (broad SMARTS) is 1. The normalized spacial score (nSPS) is 26.8. The first-order valence-corrected chi connectivity index (χ1v) is 6.21. The third-order valence-corrected chi connectivity index (χ3v) is 3.69. The van der Waals surface area contributed by atoms with E-state index in [2.05, 4.69) is 5.32 Å². The lowest BCUT2D eigenvalue weighted by molar-refractivity contribution is -0.153. The van der Waals surface area contributed by atoms with Gasteiger partial charge in [-0.25, -0.2) is 0 Å². The van der Waals surface area contributed by atoms with Gasteiger partial charge in [-0.1, -0.05) is 13.3 Å². The van der Waals surface area contributed by atoms with E-state index in [1.807, 2.05) is 11.8 Å². The lowest BCUT2D eigenvalue weighted by Gasteiger charge is -2.37. The van der Waals surface area contributed by atoms with Crippen molar-refractivity contribution < 1.29 is 14.7 Å². The Balaban J connectivity index is 2.96. The van der Waals surface area contributed by atoms with Crippen molar-refractivity contribution in [2.45, 2.75) is 51.1 Å². The maximum absolute atomic E-state index is 11.7. The molecule has 1 saturated heterocycles. The van der Waals surface area contributed by atoms with Crippen molar-refractivity contribution >= 4 is 11.9 Å². The van der Waals surface area contributed by atoms with Gasteiger partial charge in [0.15, 0.2) is 0 Å². The van der Waals surface area contributed by atoms with Crippen LogP contribution < -0.4 is 5.32 Å². The molecule has 5 nitrogen and oxygen atoms in total. The van der Waals surface area contributed by atoms with Gasteiger partial charge >= 0.3 is 5.97 Å². The Morgan fingerprint density at radius 1 is 1.53 bits per heavy atom. The first-order chi connectivity index (χ1) is 7.99. The molecule has 0 aromatic heterocycles. The number of hydrogen-bond donors (Lipinski definition) is 2. The van der Waals surface area contributed by atoms with E-state index in [4.69, 9.17) is 0 Å². The van der Waals surface area contributed by atoms with Crippen molar-refractivity contribution in [3.8, 4) is 0 Å². The molecular formula is C12H22N2O3. The summed E-state index contributed by atoms with van der Waals surface area (Å²) in [6, 6.07) is -0.384. The van der Waals surface area contributed by atoms with Gasteiger partial charge in [0.2, 0.25) is 5.91 Å². The van der Waals surface area contributed by atoms with Crippen molar-refractivity contribution in [2.75, 3.05) is 13.6 Å². The molecule has 2 N–H and O–H groups in total. The van der Waals surface area contributed by atoms with E-state index in [1.165, 1.54) is 0 Å². The number of nitrogens with zero attached hydrogens (tertiary/aromatic N) is 1. The van der Waals surface area contributed by atoms with Crippen LogP contribution in [0.1, 0.15) is 39.5 Å². The van der Waals surface area contributed by atoms with Crippen LogP contribution in [0.2, 0.25) is 0 Å². The van der Waals surface area contributed by atoms with Gasteiger partial charge in [-0.2, -0.15) is 0 Å². The Morgan fingerprint density at radius 3 is 2.65 bits per heavy atom. The van der Waals surface area contributed by atoms with Gasteiger partial charge < -0.3 is 10.4 Å². The third-order valence-electron chi connectivity index (χ3n) is 3.69. The number of aliphatic carboxylic acids is 1. The standard InChI is InChI=1S/C12H22N2O3/c1-4-6-12(11(16)17)7-5-8-14(12)9(2)10(15)13-3/h9H,4-8H2,1-3H3,(H,13,15)(H,16,17). The van der Waals surface area contributed by atoms with E-state index in [-0.39, 0.29) is 11.9 Å². The van der Waals surface area contributed by atoms with Gasteiger partial charge in [-0.05, 0) is 26.2 Å². The van der Waals surface area contributed by atoms with Gasteiger partial charge in [0, 0.05) is 13.6 Å². The summed E-state index contributed by atoms with van der Waals surface area (Å²) in [5, 5.41) is 12.1. The fourth-order valence-corrected chi connectivity index (χ4v) is 2.83. The number of carboxylic acids is 1. The molecule has 0 radical (unpaired) electrons. The summed E-state index contributed by atoms with van der Waals surface area (Å²) >= 11 is 0. The van der Waals surface area contributed by atoms with Gasteiger partial charge in [-0.3, -0.25) is 14.5 Å². The molecule has 0 spiro atoms. The van der Waals surface area contributed by atoms with Gasteiger partial charge in [0.05, 0.1) is 6.04 Å². The van der Waals surface area contributed by atoms with E-state index in [9.17, 15) is 14.7 Å². The maximum Gasteiger partial charge on any atom is 0.324 e. The fraction of sp³-hybridized carbons (Fsp3) is 0.833. The van der Waals surface area contributed by atoms with Crippen LogP contribution in [-0.2, 0) is 9.59 Å². The minimum absolute atomic E-state index is 0.117. The van der Waals surface area contributed by atoms with Crippen LogP contribution in [0.25, 0.3) is 0 Å². The summed E-state index contributed by atoms with van der Waals surface area (Å²) in [7, 11) is 1.58. The molecule has 2 unspecified atom stereocenters. The summed E-state index contributed by atoms with van der Waals surface area (Å²) in [6.45, 7) is 4.43. The summed E-state index contributed by atoms with van der Waals surface area (Å²) in [4.78, 5) is 25.1. The molecule has 1 amide bonds. The number of nitrogens with one attached hydrogen (secondary N) is 1. The Kier molecular flexibility index (Phi) is 4.51. The minimum atomic E-state index is -0.847. The quantitative estimate of drug-likeness (QED) is 0.749. The van der Waals surface area contributed by atoms with Crippen LogP contribution in [0.4, 0.5) is 0 Å². The zero-order valence-electron chi connectivity index (χ0n) is 10.8. The van der Waals surface area contributed by atoms with E-state index in [0.717, 1.165) is 12.8 Å². The van der Waals surface area contributed by atoms with Crippen LogP contribution in [0.3, 0.4) is 0 Å². The molecule has 0 aromatic rings. The Bertz CT molecular complexity index is 306. The molecule has 2 atom stereocenters. The maximum atomic E-state index is 11.7. The van der Waals surface area contributed by atoms with Gasteiger partial charge in [0.1, 0.15) is 5.54 Å². The Hall–Kier alpha value is -1.10. The number of likely N-dealkylation sites (tertiary alicyclic amines) is 1. The van der Waals surface area contributed by atoms with E-state index in [1.54, 1.807) is 14.0 Å². The molecule has 0 aromatic carbocycles. The van der Waals surface area contributed by atoms with Crippen LogP contribution in [0.15, 0.2) is 0 Å². The summed E-state index contributed by atoms with van der Waals surface area (Å²) in [5.41, 5.74) is -0.847. The summed E-state index contributed by atoms with van der Waals surface area (Å²) in [6.07, 6.45) is 2.89. The number of hydrogen-bond acceptors (Lipinski definition) is 3. The summed E-state index contributed by atoms with van der Waals surface area (Å²) < 4.78 is 0. The number of carbonyl (C=O) groups is 2. The first kappa shape index (κ1) is 14.0. The van der Waals surface area contributed by atoms with Crippen LogP contribution >= 0.6 is 0 Å².